The second kappa shape index (κ2) is 8.34. The van der Waals surface area contributed by atoms with Gasteiger partial charge in [-0.25, -0.2) is 9.59 Å². The van der Waals surface area contributed by atoms with Gasteiger partial charge in [0.15, 0.2) is 0 Å². The molecular weight excluding hydrogens is 250 g/mol. The molecule has 0 rings (SSSR count). The lowest BCUT2D eigenvalue weighted by molar-refractivity contribution is -0.142. The average molecular weight is 273 g/mol. The smallest absolute Gasteiger partial charge is 0.326 e. The van der Waals surface area contributed by atoms with Crippen molar-refractivity contribution in [3.8, 4) is 0 Å². The topological polar surface area (TPSA) is 122 Å². The Morgan fingerprint density at radius 1 is 1.16 bits per heavy atom. The molecule has 0 aromatic rings. The van der Waals surface area contributed by atoms with Crippen molar-refractivity contribution in [2.45, 2.75) is 52.1 Å². The zero-order chi connectivity index (χ0) is 15.0. The maximum absolute atomic E-state index is 12.0. The molecule has 7 heteroatoms. The van der Waals surface area contributed by atoms with E-state index in [-0.39, 0.29) is 5.92 Å². The number of urea groups is 1. The number of carboxylic acid groups (broad SMARTS) is 1. The second-order valence-electron chi connectivity index (χ2n) is 4.88. The third kappa shape index (κ3) is 7.28. The molecule has 0 saturated carbocycles. The molecule has 0 heterocycles. The third-order valence-corrected chi connectivity index (χ3v) is 2.53. The van der Waals surface area contributed by atoms with Crippen LogP contribution in [-0.2, 0) is 9.59 Å². The number of carbonyl (C=O) groups excluding carboxylic acids is 2. The first-order valence-corrected chi connectivity index (χ1v) is 6.37. The lowest BCUT2D eigenvalue weighted by atomic mass is 10.0. The third-order valence-electron chi connectivity index (χ3n) is 2.53. The Balaban J connectivity index is 4.68. The Hall–Kier alpha value is -1.79. The quantitative estimate of drug-likeness (QED) is 0.512. The Kier molecular flexibility index (Phi) is 7.55. The maximum Gasteiger partial charge on any atom is 0.326 e. The van der Waals surface area contributed by atoms with Gasteiger partial charge in [-0.15, -0.1) is 0 Å². The molecule has 0 aliphatic carbocycles. The molecule has 0 saturated heterocycles. The van der Waals surface area contributed by atoms with Crippen LogP contribution in [0.1, 0.15) is 40.0 Å². The molecule has 19 heavy (non-hydrogen) atoms. The first-order chi connectivity index (χ1) is 8.77. The van der Waals surface area contributed by atoms with E-state index >= 15 is 0 Å². The highest BCUT2D eigenvalue weighted by Gasteiger charge is 2.26. The van der Waals surface area contributed by atoms with Gasteiger partial charge < -0.3 is 21.5 Å². The molecule has 2 atom stereocenters. The van der Waals surface area contributed by atoms with Crippen LogP contribution in [0.25, 0.3) is 0 Å². The van der Waals surface area contributed by atoms with E-state index in [1.165, 1.54) is 0 Å². The normalized spacial score (nSPS) is 13.7. The highest BCUT2D eigenvalue weighted by Crippen LogP contribution is 2.06. The number of amides is 3. The number of primary amides is 1. The number of nitrogens with two attached hydrogens (primary N) is 1. The summed E-state index contributed by atoms with van der Waals surface area (Å²) in [5, 5.41) is 13.7. The lowest BCUT2D eigenvalue weighted by Gasteiger charge is -2.21. The first kappa shape index (κ1) is 17.2. The highest BCUT2D eigenvalue weighted by atomic mass is 16.4. The van der Waals surface area contributed by atoms with Crippen molar-refractivity contribution < 1.29 is 19.5 Å². The van der Waals surface area contributed by atoms with E-state index in [2.05, 4.69) is 10.6 Å². The van der Waals surface area contributed by atoms with E-state index in [0.717, 1.165) is 0 Å². The van der Waals surface area contributed by atoms with Gasteiger partial charge in [-0.05, 0) is 18.8 Å². The molecule has 0 spiro atoms. The predicted octanol–water partition coefficient (Wildman–Crippen LogP) is 0.439. The Morgan fingerprint density at radius 3 is 2.11 bits per heavy atom. The van der Waals surface area contributed by atoms with Gasteiger partial charge in [0.05, 0.1) is 0 Å². The standard InChI is InChI=1S/C12H23N3O4/c1-4-5-8(11(17)18)14-10(16)9(6-7(2)3)15-12(13)19/h7-9H,4-6H2,1-3H3,(H,14,16)(H,17,18)(H3,13,15,19)/t8-,9?/m0/s1. The van der Waals surface area contributed by atoms with Crippen LogP contribution < -0.4 is 16.4 Å². The number of hydrogen-bond donors (Lipinski definition) is 4. The zero-order valence-corrected chi connectivity index (χ0v) is 11.6. The summed E-state index contributed by atoms with van der Waals surface area (Å²) in [5.74, 6) is -1.44. The van der Waals surface area contributed by atoms with Gasteiger partial charge in [-0.2, -0.15) is 0 Å². The minimum atomic E-state index is -1.09. The van der Waals surface area contributed by atoms with Gasteiger partial charge in [0.1, 0.15) is 12.1 Å². The van der Waals surface area contributed by atoms with Gasteiger partial charge in [0.25, 0.3) is 0 Å². The monoisotopic (exact) mass is 273 g/mol. The summed E-state index contributed by atoms with van der Waals surface area (Å²) >= 11 is 0. The van der Waals surface area contributed by atoms with Crippen LogP contribution in [0.15, 0.2) is 0 Å². The van der Waals surface area contributed by atoms with Crippen molar-refractivity contribution >= 4 is 17.9 Å². The summed E-state index contributed by atoms with van der Waals surface area (Å²) in [6.07, 6.45) is 1.37. The second-order valence-corrected chi connectivity index (χ2v) is 4.88. The predicted molar refractivity (Wildman–Crippen MR) is 70.4 cm³/mol. The Morgan fingerprint density at radius 2 is 1.74 bits per heavy atom. The SMILES string of the molecule is CCC[C@H](NC(=O)C(CC(C)C)NC(N)=O)C(=O)O. The van der Waals surface area contributed by atoms with E-state index < -0.39 is 30.0 Å². The minimum Gasteiger partial charge on any atom is -0.480 e. The minimum absolute atomic E-state index is 0.164. The van der Waals surface area contributed by atoms with Crippen LogP contribution in [0, 0.1) is 5.92 Å². The highest BCUT2D eigenvalue weighted by molar-refractivity contribution is 5.89. The molecule has 5 N–H and O–H groups in total. The van der Waals surface area contributed by atoms with Crippen LogP contribution in [0.3, 0.4) is 0 Å². The largest absolute Gasteiger partial charge is 0.480 e. The summed E-state index contributed by atoms with van der Waals surface area (Å²) in [6, 6.07) is -2.55. The molecule has 1 unspecified atom stereocenters. The van der Waals surface area contributed by atoms with Crippen molar-refractivity contribution in [3.05, 3.63) is 0 Å². The van der Waals surface area contributed by atoms with E-state index in [1.54, 1.807) is 0 Å². The summed E-state index contributed by atoms with van der Waals surface area (Å²) in [5.41, 5.74) is 5.01. The molecule has 0 bridgehead atoms. The van der Waals surface area contributed by atoms with Gasteiger partial charge in [-0.1, -0.05) is 27.2 Å². The van der Waals surface area contributed by atoms with Crippen LogP contribution in [0.4, 0.5) is 4.79 Å². The molecule has 0 aromatic carbocycles. The van der Waals surface area contributed by atoms with Crippen molar-refractivity contribution in [2.24, 2.45) is 11.7 Å². The molecule has 7 nitrogen and oxygen atoms in total. The van der Waals surface area contributed by atoms with Crippen LogP contribution in [-0.4, -0.2) is 35.1 Å². The maximum atomic E-state index is 12.0. The molecule has 0 fully saturated rings. The molecule has 0 aromatic heterocycles. The summed E-state index contributed by atoms with van der Waals surface area (Å²) in [7, 11) is 0. The molecule has 110 valence electrons. The fourth-order valence-electron chi connectivity index (χ4n) is 1.69. The van der Waals surface area contributed by atoms with Gasteiger partial charge >= 0.3 is 12.0 Å². The summed E-state index contributed by atoms with van der Waals surface area (Å²) < 4.78 is 0. The number of nitrogens with one attached hydrogen (secondary N) is 2. The Bertz CT molecular complexity index is 331. The average Bonchev–Trinajstić information content (AvgIpc) is 2.25. The number of hydrogen-bond acceptors (Lipinski definition) is 3. The fourth-order valence-corrected chi connectivity index (χ4v) is 1.69. The van der Waals surface area contributed by atoms with Crippen molar-refractivity contribution in [3.63, 3.8) is 0 Å². The number of carbonyl (C=O) groups is 3. The van der Waals surface area contributed by atoms with Crippen molar-refractivity contribution in [1.29, 1.82) is 0 Å². The summed E-state index contributed by atoms with van der Waals surface area (Å²) in [6.45, 7) is 5.61. The lowest BCUT2D eigenvalue weighted by Crippen LogP contribution is -2.53. The number of carboxylic acids is 1. The molecule has 0 radical (unpaired) electrons. The van der Waals surface area contributed by atoms with Gasteiger partial charge in [-0.3, -0.25) is 4.79 Å². The van der Waals surface area contributed by atoms with Crippen molar-refractivity contribution in [2.75, 3.05) is 0 Å². The van der Waals surface area contributed by atoms with Gasteiger partial charge in [0, 0.05) is 0 Å². The van der Waals surface area contributed by atoms with E-state index in [1.807, 2.05) is 20.8 Å². The zero-order valence-electron chi connectivity index (χ0n) is 11.6. The van der Waals surface area contributed by atoms with Crippen LogP contribution in [0.2, 0.25) is 0 Å². The molecule has 3 amide bonds. The summed E-state index contributed by atoms with van der Waals surface area (Å²) in [4.78, 5) is 33.8. The molecular formula is C12H23N3O4. The van der Waals surface area contributed by atoms with Crippen LogP contribution in [0.5, 0.6) is 0 Å². The number of rotatable bonds is 8. The molecule has 0 aliphatic rings. The van der Waals surface area contributed by atoms with Gasteiger partial charge in [0.2, 0.25) is 5.91 Å². The number of aliphatic carboxylic acids is 1. The van der Waals surface area contributed by atoms with Crippen molar-refractivity contribution in [1.82, 2.24) is 10.6 Å². The van der Waals surface area contributed by atoms with E-state index in [4.69, 9.17) is 10.8 Å². The first-order valence-electron chi connectivity index (χ1n) is 6.37. The van der Waals surface area contributed by atoms with Crippen LogP contribution >= 0.6 is 0 Å². The fraction of sp³-hybridized carbons (Fsp3) is 0.750. The van der Waals surface area contributed by atoms with E-state index in [0.29, 0.717) is 19.3 Å². The Labute approximate surface area is 112 Å². The van der Waals surface area contributed by atoms with E-state index in [9.17, 15) is 14.4 Å². The molecule has 0 aliphatic heterocycles.